The van der Waals surface area contributed by atoms with Gasteiger partial charge in [0.2, 0.25) is 11.7 Å². The zero-order valence-electron chi connectivity index (χ0n) is 30.3. The first-order valence-corrected chi connectivity index (χ1v) is 18.3. The summed E-state index contributed by atoms with van der Waals surface area (Å²) in [4.78, 5) is 57.9. The van der Waals surface area contributed by atoms with Crippen molar-refractivity contribution in [3.63, 3.8) is 0 Å². The van der Waals surface area contributed by atoms with E-state index in [-0.39, 0.29) is 66.8 Å². The molecule has 2 aromatic carbocycles. The van der Waals surface area contributed by atoms with Gasteiger partial charge in [-0.3, -0.25) is 14.4 Å². The number of piperidine rings is 1. The minimum Gasteiger partial charge on any atom is -0.504 e. The van der Waals surface area contributed by atoms with Crippen molar-refractivity contribution in [2.75, 3.05) is 32.5 Å². The highest BCUT2D eigenvalue weighted by Crippen LogP contribution is 2.48. The quantitative estimate of drug-likeness (QED) is 0.222. The summed E-state index contributed by atoms with van der Waals surface area (Å²) in [5.74, 6) is -1.20. The maximum absolute atomic E-state index is 15.6. The summed E-state index contributed by atoms with van der Waals surface area (Å²) < 4.78 is 24.9. The molecule has 3 aromatic heterocycles. The SMILES string of the molecule is Cc1ncnc(C(=O)N2CCC3(CC2)OC(C)c2c3c(=O)n3nc(-c4ccc(CN(C)C)cc4F)nc3n2CC(=O)Nc2ccc(C3CC3)cc2Cl)c1O. The predicted octanol–water partition coefficient (Wildman–Crippen LogP) is 4.95. The molecule has 1 spiro atoms. The summed E-state index contributed by atoms with van der Waals surface area (Å²) in [6.45, 7) is 4.00. The number of anilines is 1. The number of ether oxygens (including phenoxy) is 1. The second-order valence-corrected chi connectivity index (χ2v) is 15.0. The van der Waals surface area contributed by atoms with Crippen molar-refractivity contribution in [1.29, 1.82) is 0 Å². The van der Waals surface area contributed by atoms with E-state index in [0.29, 0.717) is 34.4 Å². The molecule has 0 bridgehead atoms. The molecule has 1 atom stereocenters. The Bertz CT molecular complexity index is 2400. The van der Waals surface area contributed by atoms with Crippen LogP contribution >= 0.6 is 11.6 Å². The number of aromatic nitrogens is 6. The van der Waals surface area contributed by atoms with Gasteiger partial charge in [0, 0.05) is 19.6 Å². The van der Waals surface area contributed by atoms with Gasteiger partial charge in [-0.25, -0.2) is 14.4 Å². The van der Waals surface area contributed by atoms with Crippen molar-refractivity contribution >= 4 is 34.9 Å². The smallest absolute Gasteiger partial charge is 0.282 e. The van der Waals surface area contributed by atoms with Gasteiger partial charge in [-0.05, 0) is 94.9 Å². The Hall–Kier alpha value is -5.25. The molecule has 8 rings (SSSR count). The summed E-state index contributed by atoms with van der Waals surface area (Å²) >= 11 is 6.60. The van der Waals surface area contributed by atoms with Crippen LogP contribution in [0.25, 0.3) is 17.2 Å². The fraction of sp³-hybridized carbons (Fsp3) is 0.395. The zero-order chi connectivity index (χ0) is 38.1. The second kappa shape index (κ2) is 13.6. The van der Waals surface area contributed by atoms with Crippen molar-refractivity contribution in [3.8, 4) is 17.1 Å². The Morgan fingerprint density at radius 3 is 2.57 bits per heavy atom. The average Bonchev–Trinajstić information content (AvgIpc) is 3.82. The van der Waals surface area contributed by atoms with Gasteiger partial charge in [0.1, 0.15) is 24.3 Å². The maximum atomic E-state index is 15.6. The number of halogens is 2. The van der Waals surface area contributed by atoms with Crippen LogP contribution in [-0.2, 0) is 28.2 Å². The Balaban J connectivity index is 1.18. The van der Waals surface area contributed by atoms with Crippen LogP contribution in [0, 0.1) is 12.7 Å². The minimum atomic E-state index is -1.13. The van der Waals surface area contributed by atoms with E-state index in [2.05, 4.69) is 25.4 Å². The molecule has 1 saturated heterocycles. The number of aryl methyl sites for hydroxylation is 1. The Labute approximate surface area is 314 Å². The summed E-state index contributed by atoms with van der Waals surface area (Å²) in [6.07, 6.45) is 3.26. The van der Waals surface area contributed by atoms with Crippen molar-refractivity contribution < 1.29 is 23.8 Å². The number of nitrogens with zero attached hydrogens (tertiary/aromatic N) is 8. The zero-order valence-corrected chi connectivity index (χ0v) is 31.0. The first kappa shape index (κ1) is 35.8. The van der Waals surface area contributed by atoms with Gasteiger partial charge in [0.25, 0.3) is 11.5 Å². The van der Waals surface area contributed by atoms with Crippen molar-refractivity contribution in [2.45, 2.75) is 70.2 Å². The molecule has 14 nitrogen and oxygen atoms in total. The van der Waals surface area contributed by atoms with E-state index in [4.69, 9.17) is 16.3 Å². The number of carbonyl (C=O) groups excluding carboxylic acids is 2. The van der Waals surface area contributed by atoms with Crippen LogP contribution < -0.4 is 10.9 Å². The fourth-order valence-corrected chi connectivity index (χ4v) is 7.94. The number of hydrogen-bond donors (Lipinski definition) is 2. The molecule has 2 aliphatic heterocycles. The first-order chi connectivity index (χ1) is 25.8. The number of benzene rings is 2. The molecule has 1 saturated carbocycles. The van der Waals surface area contributed by atoms with Crippen LogP contribution in [0.1, 0.15) is 83.2 Å². The van der Waals surface area contributed by atoms with Crippen molar-refractivity contribution in [1.82, 2.24) is 38.9 Å². The molecular weight excluding hydrogens is 717 g/mol. The largest absolute Gasteiger partial charge is 0.504 e. The number of likely N-dealkylation sites (tertiary alicyclic amines) is 1. The van der Waals surface area contributed by atoms with Crippen molar-refractivity contribution in [2.24, 2.45) is 0 Å². The monoisotopic (exact) mass is 755 g/mol. The van der Waals surface area contributed by atoms with E-state index in [1.54, 1.807) is 41.5 Å². The predicted molar refractivity (Wildman–Crippen MR) is 197 cm³/mol. The average molecular weight is 756 g/mol. The topological polar surface area (TPSA) is 160 Å². The summed E-state index contributed by atoms with van der Waals surface area (Å²) in [5.41, 5.74) is 1.72. The lowest BCUT2D eigenvalue weighted by Crippen LogP contribution is -2.47. The van der Waals surface area contributed by atoms with Gasteiger partial charge >= 0.3 is 0 Å². The molecule has 3 aliphatic rings. The number of nitrogens with one attached hydrogen (secondary N) is 1. The van der Waals surface area contributed by atoms with Gasteiger partial charge < -0.3 is 29.5 Å². The third kappa shape index (κ3) is 6.29. The van der Waals surface area contributed by atoms with E-state index < -0.39 is 34.9 Å². The van der Waals surface area contributed by atoms with Gasteiger partial charge in [-0.1, -0.05) is 23.7 Å². The third-order valence-corrected chi connectivity index (χ3v) is 10.8. The summed E-state index contributed by atoms with van der Waals surface area (Å²) in [7, 11) is 3.78. The van der Waals surface area contributed by atoms with Crippen LogP contribution in [0.5, 0.6) is 5.75 Å². The molecule has 0 radical (unpaired) electrons. The Morgan fingerprint density at radius 1 is 1.13 bits per heavy atom. The third-order valence-electron chi connectivity index (χ3n) is 10.5. The van der Waals surface area contributed by atoms with E-state index in [1.165, 1.54) is 12.4 Å². The normalized spacial score (nSPS) is 17.8. The number of carbonyl (C=O) groups is 2. The molecule has 2 fully saturated rings. The lowest BCUT2D eigenvalue weighted by molar-refractivity contribution is -0.116. The number of aromatic hydroxyl groups is 1. The first-order valence-electron chi connectivity index (χ1n) is 17.9. The van der Waals surface area contributed by atoms with Crippen LogP contribution in [0.4, 0.5) is 10.1 Å². The number of hydrogen-bond acceptors (Lipinski definition) is 10. The highest BCUT2D eigenvalue weighted by molar-refractivity contribution is 6.33. The molecule has 54 heavy (non-hydrogen) atoms. The van der Waals surface area contributed by atoms with Crippen LogP contribution in [0.15, 0.2) is 47.5 Å². The van der Waals surface area contributed by atoms with E-state index in [0.717, 1.165) is 28.5 Å². The fourth-order valence-electron chi connectivity index (χ4n) is 7.70. The van der Waals surface area contributed by atoms with Gasteiger partial charge in [-0.15, -0.1) is 5.10 Å². The minimum absolute atomic E-state index is 0.0134. The Kier molecular flexibility index (Phi) is 8.98. The highest BCUT2D eigenvalue weighted by Gasteiger charge is 2.50. The number of fused-ring (bicyclic) bond motifs is 3. The molecule has 2 amide bonds. The van der Waals surface area contributed by atoms with Gasteiger partial charge in [-0.2, -0.15) is 9.50 Å². The van der Waals surface area contributed by atoms with Gasteiger partial charge in [0.15, 0.2) is 17.3 Å². The highest BCUT2D eigenvalue weighted by atomic mass is 35.5. The van der Waals surface area contributed by atoms with Crippen LogP contribution in [0.3, 0.4) is 0 Å². The molecule has 280 valence electrons. The van der Waals surface area contributed by atoms with Gasteiger partial charge in [0.05, 0.1) is 39.3 Å². The molecular formula is C38H39ClFN9O5. The lowest BCUT2D eigenvalue weighted by atomic mass is 9.85. The second-order valence-electron chi connectivity index (χ2n) is 14.6. The molecule has 1 aliphatic carbocycles. The summed E-state index contributed by atoms with van der Waals surface area (Å²) in [6, 6.07) is 10.4. The van der Waals surface area contributed by atoms with Crippen molar-refractivity contribution in [3.05, 3.63) is 97.7 Å². The van der Waals surface area contributed by atoms with E-state index in [9.17, 15) is 19.5 Å². The van der Waals surface area contributed by atoms with Crippen LogP contribution in [0.2, 0.25) is 5.02 Å². The maximum Gasteiger partial charge on any atom is 0.282 e. The molecule has 5 aromatic rings. The van der Waals surface area contributed by atoms with E-state index in [1.807, 2.05) is 31.1 Å². The van der Waals surface area contributed by atoms with Crippen LogP contribution in [-0.4, -0.2) is 83.0 Å². The number of rotatable bonds is 8. The summed E-state index contributed by atoms with van der Waals surface area (Å²) in [5, 5.41) is 18.3. The molecule has 16 heteroatoms. The molecule has 1 unspecified atom stereocenters. The molecule has 5 heterocycles. The molecule has 2 N–H and O–H groups in total. The standard InChI is InChI=1S/C38H39ClFN9O5/c1-20-33(51)31(42-19-41-20)36(53)47-13-11-38(12-14-47)30-32(21(2)54-38)48(18-29(50)43-28-10-8-24(16-26(28)39)23-6-7-23)37-44-34(45-49(37)35(30)52)25-9-5-22(15-27(25)40)17-46(3)4/h5,8-10,15-16,19,21,23,51H,6-7,11-14,17-18H2,1-4H3,(H,43,50). The number of amides is 2. The Morgan fingerprint density at radius 2 is 1.89 bits per heavy atom. The van der Waals surface area contributed by atoms with E-state index >= 15 is 4.39 Å². The lowest BCUT2D eigenvalue weighted by Gasteiger charge is -2.39.